The summed E-state index contributed by atoms with van der Waals surface area (Å²) in [5, 5.41) is 13.0. The van der Waals surface area contributed by atoms with Crippen molar-refractivity contribution in [2.75, 3.05) is 5.32 Å². The number of fused-ring (bicyclic) bond motifs is 1. The summed E-state index contributed by atoms with van der Waals surface area (Å²) in [5.74, 6) is -0.588. The second-order valence-electron chi connectivity index (χ2n) is 6.18. The zero-order chi connectivity index (χ0) is 18.6. The third kappa shape index (κ3) is 3.75. The first-order chi connectivity index (χ1) is 13.2. The van der Waals surface area contributed by atoms with Crippen molar-refractivity contribution in [3.63, 3.8) is 0 Å². The van der Waals surface area contributed by atoms with E-state index in [0.717, 1.165) is 12.1 Å². The minimum Gasteiger partial charge on any atom is -0.355 e. The first-order valence-corrected chi connectivity index (χ1v) is 8.47. The van der Waals surface area contributed by atoms with E-state index in [-0.39, 0.29) is 5.69 Å². The Morgan fingerprint density at radius 3 is 2.44 bits per heavy atom. The number of hydrogen-bond donors (Lipinski definition) is 1. The molecule has 1 N–H and O–H groups in total. The molecule has 4 rings (SSSR count). The highest BCUT2D eigenvalue weighted by Gasteiger charge is 2.08. The SMILES string of the molecule is N#Cc1cc(Nc2ccc(Cc3ccccc3)cc2)c2cc(F)ncc2n1. The van der Waals surface area contributed by atoms with E-state index in [4.69, 9.17) is 0 Å². The van der Waals surface area contributed by atoms with Gasteiger partial charge in [-0.2, -0.15) is 9.65 Å². The van der Waals surface area contributed by atoms with E-state index in [9.17, 15) is 9.65 Å². The van der Waals surface area contributed by atoms with Crippen LogP contribution in [0.15, 0.2) is 72.9 Å². The number of hydrogen-bond acceptors (Lipinski definition) is 4. The van der Waals surface area contributed by atoms with Gasteiger partial charge in [-0.25, -0.2) is 9.97 Å². The number of pyridine rings is 2. The molecule has 0 bridgehead atoms. The van der Waals surface area contributed by atoms with Gasteiger partial charge in [0.15, 0.2) is 0 Å². The number of anilines is 2. The van der Waals surface area contributed by atoms with Crippen molar-refractivity contribution in [2.24, 2.45) is 0 Å². The molecule has 0 spiro atoms. The fraction of sp³-hybridized carbons (Fsp3) is 0.0455. The maximum Gasteiger partial charge on any atom is 0.213 e. The molecular formula is C22H15FN4. The molecule has 0 aliphatic heterocycles. The van der Waals surface area contributed by atoms with Gasteiger partial charge in [0.25, 0.3) is 0 Å². The summed E-state index contributed by atoms with van der Waals surface area (Å²) in [4.78, 5) is 7.78. The molecule has 2 aromatic carbocycles. The molecular weight excluding hydrogens is 339 g/mol. The lowest BCUT2D eigenvalue weighted by Crippen LogP contribution is -1.97. The number of benzene rings is 2. The molecule has 27 heavy (non-hydrogen) atoms. The van der Waals surface area contributed by atoms with Crippen LogP contribution < -0.4 is 5.32 Å². The van der Waals surface area contributed by atoms with Gasteiger partial charge in [-0.05, 0) is 35.7 Å². The summed E-state index contributed by atoms with van der Waals surface area (Å²) < 4.78 is 13.6. The van der Waals surface area contributed by atoms with E-state index in [1.54, 1.807) is 6.07 Å². The first kappa shape index (κ1) is 16.7. The number of aromatic nitrogens is 2. The topological polar surface area (TPSA) is 61.6 Å². The summed E-state index contributed by atoms with van der Waals surface area (Å²) in [5.41, 5.74) is 4.63. The molecule has 130 valence electrons. The van der Waals surface area contributed by atoms with Crippen LogP contribution in [0, 0.1) is 17.3 Å². The lowest BCUT2D eigenvalue weighted by atomic mass is 10.0. The van der Waals surface area contributed by atoms with Crippen LogP contribution in [0.5, 0.6) is 0 Å². The Labute approximate surface area is 156 Å². The van der Waals surface area contributed by atoms with Crippen LogP contribution in [0.1, 0.15) is 16.8 Å². The first-order valence-electron chi connectivity index (χ1n) is 8.47. The van der Waals surface area contributed by atoms with E-state index in [2.05, 4.69) is 27.4 Å². The summed E-state index contributed by atoms with van der Waals surface area (Å²) >= 11 is 0. The fourth-order valence-corrected chi connectivity index (χ4v) is 2.96. The van der Waals surface area contributed by atoms with Crippen molar-refractivity contribution in [2.45, 2.75) is 6.42 Å². The van der Waals surface area contributed by atoms with Gasteiger partial charge in [-0.1, -0.05) is 42.5 Å². The summed E-state index contributed by atoms with van der Waals surface area (Å²) in [7, 11) is 0. The van der Waals surface area contributed by atoms with E-state index in [1.165, 1.54) is 23.4 Å². The second-order valence-corrected chi connectivity index (χ2v) is 6.18. The van der Waals surface area contributed by atoms with Crippen LogP contribution in [0.3, 0.4) is 0 Å². The molecule has 4 nitrogen and oxygen atoms in total. The quantitative estimate of drug-likeness (QED) is 0.525. The highest BCUT2D eigenvalue weighted by atomic mass is 19.1. The molecule has 0 radical (unpaired) electrons. The van der Waals surface area contributed by atoms with Gasteiger partial charge in [-0.15, -0.1) is 0 Å². The van der Waals surface area contributed by atoms with Crippen LogP contribution in [0.2, 0.25) is 0 Å². The molecule has 0 saturated heterocycles. The molecule has 0 amide bonds. The van der Waals surface area contributed by atoms with E-state index in [1.807, 2.05) is 48.5 Å². The van der Waals surface area contributed by atoms with E-state index in [0.29, 0.717) is 16.6 Å². The van der Waals surface area contributed by atoms with Gasteiger partial charge >= 0.3 is 0 Å². The molecule has 0 unspecified atom stereocenters. The predicted molar refractivity (Wildman–Crippen MR) is 103 cm³/mol. The van der Waals surface area contributed by atoms with Crippen molar-refractivity contribution >= 4 is 22.3 Å². The minimum atomic E-state index is -0.588. The second kappa shape index (κ2) is 7.22. The molecule has 0 aliphatic carbocycles. The van der Waals surface area contributed by atoms with Crippen molar-refractivity contribution in [1.82, 2.24) is 9.97 Å². The number of nitriles is 1. The average Bonchev–Trinajstić information content (AvgIpc) is 2.70. The smallest absolute Gasteiger partial charge is 0.213 e. The van der Waals surface area contributed by atoms with Gasteiger partial charge in [-0.3, -0.25) is 0 Å². The van der Waals surface area contributed by atoms with Crippen molar-refractivity contribution < 1.29 is 4.39 Å². The van der Waals surface area contributed by atoms with E-state index < -0.39 is 5.95 Å². The molecule has 4 aromatic rings. The summed E-state index contributed by atoms with van der Waals surface area (Å²) in [6.07, 6.45) is 2.19. The molecule has 2 aromatic heterocycles. The minimum absolute atomic E-state index is 0.249. The van der Waals surface area contributed by atoms with Gasteiger partial charge in [0.05, 0.1) is 17.4 Å². The maximum absolute atomic E-state index is 13.6. The van der Waals surface area contributed by atoms with Crippen molar-refractivity contribution in [1.29, 1.82) is 5.26 Å². The largest absolute Gasteiger partial charge is 0.355 e. The summed E-state index contributed by atoms with van der Waals surface area (Å²) in [6.45, 7) is 0. The standard InChI is InChI=1S/C22H15FN4/c23-22-12-19-20(11-18(13-24)27-21(19)14-25-22)26-17-8-6-16(7-9-17)10-15-4-2-1-3-5-15/h1-9,11-12,14H,10H2,(H,26,27). The van der Waals surface area contributed by atoms with Crippen molar-refractivity contribution in [3.8, 4) is 6.07 Å². The van der Waals surface area contributed by atoms with Crippen LogP contribution >= 0.6 is 0 Å². The monoisotopic (exact) mass is 354 g/mol. The molecule has 0 saturated carbocycles. The van der Waals surface area contributed by atoms with Crippen LogP contribution in [-0.4, -0.2) is 9.97 Å². The highest BCUT2D eigenvalue weighted by Crippen LogP contribution is 2.27. The zero-order valence-electron chi connectivity index (χ0n) is 14.4. The lowest BCUT2D eigenvalue weighted by molar-refractivity contribution is 0.586. The number of nitrogens with zero attached hydrogens (tertiary/aromatic N) is 3. The van der Waals surface area contributed by atoms with Crippen LogP contribution in [0.25, 0.3) is 10.9 Å². The normalized spacial score (nSPS) is 10.5. The van der Waals surface area contributed by atoms with E-state index >= 15 is 0 Å². The molecule has 0 atom stereocenters. The number of rotatable bonds is 4. The van der Waals surface area contributed by atoms with Gasteiger partial charge < -0.3 is 5.32 Å². The highest BCUT2D eigenvalue weighted by molar-refractivity contribution is 5.93. The average molecular weight is 354 g/mol. The Balaban J connectivity index is 1.62. The van der Waals surface area contributed by atoms with Gasteiger partial charge in [0, 0.05) is 17.1 Å². The molecule has 0 aliphatic rings. The van der Waals surface area contributed by atoms with Gasteiger partial charge in [0.2, 0.25) is 5.95 Å². The Morgan fingerprint density at radius 2 is 1.70 bits per heavy atom. The van der Waals surface area contributed by atoms with Crippen LogP contribution in [-0.2, 0) is 6.42 Å². The Morgan fingerprint density at radius 1 is 0.963 bits per heavy atom. The molecule has 2 heterocycles. The molecule has 0 fully saturated rings. The predicted octanol–water partition coefficient (Wildman–Crippen LogP) is 4.97. The maximum atomic E-state index is 13.6. The zero-order valence-corrected chi connectivity index (χ0v) is 14.4. The Bertz CT molecular complexity index is 1130. The van der Waals surface area contributed by atoms with Crippen LogP contribution in [0.4, 0.5) is 15.8 Å². The van der Waals surface area contributed by atoms with Gasteiger partial charge in [0.1, 0.15) is 11.8 Å². The number of nitrogens with one attached hydrogen (secondary N) is 1. The number of halogens is 1. The Hall–Kier alpha value is -3.78. The third-order valence-electron chi connectivity index (χ3n) is 4.26. The molecule has 5 heteroatoms. The van der Waals surface area contributed by atoms with Crippen molar-refractivity contribution in [3.05, 3.63) is 95.7 Å². The fourth-order valence-electron chi connectivity index (χ4n) is 2.96. The lowest BCUT2D eigenvalue weighted by Gasteiger charge is -2.11. The summed E-state index contributed by atoms with van der Waals surface area (Å²) in [6, 6.07) is 23.2. The Kier molecular flexibility index (Phi) is 4.46. The third-order valence-corrected chi connectivity index (χ3v) is 4.26.